The Kier molecular flexibility index (Phi) is 7.02. The first kappa shape index (κ1) is 26.3. The van der Waals surface area contributed by atoms with E-state index in [0.29, 0.717) is 41.8 Å². The van der Waals surface area contributed by atoms with Crippen LogP contribution in [-0.2, 0) is 17.8 Å². The van der Waals surface area contributed by atoms with Crippen LogP contribution >= 0.6 is 11.6 Å². The molecule has 0 spiro atoms. The Morgan fingerprint density at radius 3 is 2.56 bits per heavy atom. The molecule has 7 rings (SSSR count). The fourth-order valence-electron chi connectivity index (χ4n) is 6.00. The van der Waals surface area contributed by atoms with Crippen LogP contribution in [0.3, 0.4) is 0 Å². The second kappa shape index (κ2) is 11.0. The largest absolute Gasteiger partial charge is 0.485 e. The van der Waals surface area contributed by atoms with Gasteiger partial charge in [0, 0.05) is 17.2 Å². The summed E-state index contributed by atoms with van der Waals surface area (Å²) in [6.07, 6.45) is 2.92. The summed E-state index contributed by atoms with van der Waals surface area (Å²) in [6.45, 7) is 4.35. The Labute approximate surface area is 242 Å². The molecular weight excluding hydrogens is 544 g/mol. The summed E-state index contributed by atoms with van der Waals surface area (Å²) in [5.74, 6) is 1.88. The molecule has 1 N–H and O–H groups in total. The highest BCUT2D eigenvalue weighted by molar-refractivity contribution is 6.30. The highest BCUT2D eigenvalue weighted by Gasteiger charge is 2.30. The number of imidazole rings is 1. The third-order valence-corrected chi connectivity index (χ3v) is 8.61. The average Bonchev–Trinajstić information content (AvgIpc) is 3.31. The van der Waals surface area contributed by atoms with Crippen LogP contribution in [0.2, 0.25) is 5.02 Å². The second-order valence-corrected chi connectivity index (χ2v) is 11.4. The second-order valence-electron chi connectivity index (χ2n) is 11.0. The molecule has 0 saturated carbocycles. The van der Waals surface area contributed by atoms with Gasteiger partial charge in [-0.15, -0.1) is 0 Å². The molecule has 2 aromatic carbocycles. The van der Waals surface area contributed by atoms with Gasteiger partial charge in [-0.05, 0) is 74.2 Å². The number of nitrogens with zero attached hydrogens (tertiary/aromatic N) is 4. The van der Waals surface area contributed by atoms with Gasteiger partial charge in [-0.3, -0.25) is 4.90 Å². The molecule has 2 aromatic heterocycles. The molecule has 212 valence electrons. The Balaban J connectivity index is 1.05. The monoisotopic (exact) mass is 574 g/mol. The molecule has 10 heteroatoms. The van der Waals surface area contributed by atoms with Crippen LogP contribution in [0.1, 0.15) is 58.7 Å². The van der Waals surface area contributed by atoms with Crippen molar-refractivity contribution in [1.82, 2.24) is 19.4 Å². The van der Waals surface area contributed by atoms with E-state index >= 15 is 0 Å². The lowest BCUT2D eigenvalue weighted by atomic mass is 9.88. The molecule has 3 aliphatic rings. The van der Waals surface area contributed by atoms with E-state index in [2.05, 4.69) is 22.0 Å². The first-order valence-electron chi connectivity index (χ1n) is 14.1. The van der Waals surface area contributed by atoms with E-state index in [1.165, 1.54) is 11.6 Å². The summed E-state index contributed by atoms with van der Waals surface area (Å²) in [5.41, 5.74) is 3.59. The van der Waals surface area contributed by atoms with E-state index < -0.39 is 5.97 Å². The number of para-hydroxylation sites is 1. The zero-order valence-electron chi connectivity index (χ0n) is 22.5. The topological polar surface area (TPSA) is 98.9 Å². The van der Waals surface area contributed by atoms with Crippen molar-refractivity contribution < 1.29 is 24.1 Å². The lowest BCUT2D eigenvalue weighted by molar-refractivity contribution is -0.0593. The minimum atomic E-state index is -1.04. The molecule has 2 fully saturated rings. The first-order chi connectivity index (χ1) is 20.0. The van der Waals surface area contributed by atoms with E-state index in [1.807, 2.05) is 34.9 Å². The molecule has 9 nitrogen and oxygen atoms in total. The van der Waals surface area contributed by atoms with E-state index in [4.69, 9.17) is 30.8 Å². The number of hydrogen-bond acceptors (Lipinski definition) is 7. The van der Waals surface area contributed by atoms with E-state index in [0.717, 1.165) is 61.8 Å². The van der Waals surface area contributed by atoms with Gasteiger partial charge in [0.2, 0.25) is 0 Å². The number of benzene rings is 2. The first-order valence-corrected chi connectivity index (χ1v) is 14.5. The van der Waals surface area contributed by atoms with E-state index in [9.17, 15) is 9.90 Å². The molecule has 0 amide bonds. The number of carbonyl (C=O) groups is 1. The van der Waals surface area contributed by atoms with Crippen LogP contribution in [0.5, 0.6) is 11.5 Å². The number of halogens is 1. The number of aromatic nitrogens is 3. The normalized spacial score (nSPS) is 21.1. The predicted molar refractivity (Wildman–Crippen MR) is 153 cm³/mol. The van der Waals surface area contributed by atoms with Gasteiger partial charge in [0.05, 0.1) is 19.2 Å². The zero-order valence-corrected chi connectivity index (χ0v) is 23.3. The molecule has 5 heterocycles. The van der Waals surface area contributed by atoms with Gasteiger partial charge < -0.3 is 23.9 Å². The molecule has 0 aliphatic carbocycles. The van der Waals surface area contributed by atoms with Crippen molar-refractivity contribution in [1.29, 1.82) is 0 Å². The fourth-order valence-corrected chi connectivity index (χ4v) is 6.13. The third-order valence-electron chi connectivity index (χ3n) is 8.36. The molecule has 41 heavy (non-hydrogen) atoms. The molecule has 0 radical (unpaired) electrons. The fraction of sp³-hybridized carbons (Fsp3) is 0.387. The summed E-state index contributed by atoms with van der Waals surface area (Å²) in [7, 11) is 0. The number of carboxylic acid groups (broad SMARTS) is 1. The maximum atomic E-state index is 11.6. The minimum absolute atomic E-state index is 0.0254. The molecule has 4 aromatic rings. The minimum Gasteiger partial charge on any atom is -0.485 e. The van der Waals surface area contributed by atoms with Crippen molar-refractivity contribution in [3.8, 4) is 11.5 Å². The molecule has 0 bridgehead atoms. The lowest BCUT2D eigenvalue weighted by Gasteiger charge is -2.35. The van der Waals surface area contributed by atoms with Crippen LogP contribution in [0.25, 0.3) is 11.2 Å². The number of fused-ring (bicyclic) bond motifs is 2. The maximum absolute atomic E-state index is 11.6. The summed E-state index contributed by atoms with van der Waals surface area (Å²) in [5, 5.41) is 10.2. The highest BCUT2D eigenvalue weighted by Crippen LogP contribution is 2.44. The van der Waals surface area contributed by atoms with Gasteiger partial charge in [-0.25, -0.2) is 14.8 Å². The molecular formula is C31H31ClN4O5. The number of piperidine rings is 1. The van der Waals surface area contributed by atoms with Crippen molar-refractivity contribution in [3.63, 3.8) is 0 Å². The number of ether oxygens (including phenoxy) is 3. The van der Waals surface area contributed by atoms with Crippen molar-refractivity contribution in [3.05, 3.63) is 82.3 Å². The average molecular weight is 575 g/mol. The Bertz CT molecular complexity index is 1580. The quantitative estimate of drug-likeness (QED) is 0.310. The lowest BCUT2D eigenvalue weighted by Crippen LogP contribution is -2.35. The molecule has 2 atom stereocenters. The van der Waals surface area contributed by atoms with Crippen molar-refractivity contribution in [2.45, 2.75) is 50.5 Å². The summed E-state index contributed by atoms with van der Waals surface area (Å²) in [6, 6.07) is 17.2. The summed E-state index contributed by atoms with van der Waals surface area (Å²) in [4.78, 5) is 23.2. The van der Waals surface area contributed by atoms with Gasteiger partial charge in [0.25, 0.3) is 0 Å². The number of pyridine rings is 1. The Morgan fingerprint density at radius 2 is 1.83 bits per heavy atom. The standard InChI is InChI=1S/C31H31ClN4O5/c32-21-6-4-20(5-7-21)27-18-40-29-23(2-1-3-26(29)41-27)19-10-13-35(14-11-19)17-28-33-24-8-9-25(31(37)38)34-30(24)36(28)16-22-12-15-39-22/h1-9,19,22,27H,10-18H2,(H,37,38)/t22-,27-/m0/s1. The van der Waals surface area contributed by atoms with Crippen molar-refractivity contribution >= 4 is 28.7 Å². The van der Waals surface area contributed by atoms with Gasteiger partial charge in [-0.2, -0.15) is 0 Å². The van der Waals surface area contributed by atoms with E-state index in [1.54, 1.807) is 6.07 Å². The smallest absolute Gasteiger partial charge is 0.354 e. The number of likely N-dealkylation sites (tertiary alicyclic amines) is 1. The van der Waals surface area contributed by atoms with Crippen LogP contribution in [0.4, 0.5) is 0 Å². The molecule has 2 saturated heterocycles. The zero-order chi connectivity index (χ0) is 27.9. The molecule has 0 unspecified atom stereocenters. The van der Waals surface area contributed by atoms with E-state index in [-0.39, 0.29) is 17.9 Å². The van der Waals surface area contributed by atoms with Gasteiger partial charge in [0.15, 0.2) is 28.9 Å². The van der Waals surface area contributed by atoms with Crippen molar-refractivity contribution in [2.75, 3.05) is 26.3 Å². The summed E-state index contributed by atoms with van der Waals surface area (Å²) >= 11 is 6.06. The van der Waals surface area contributed by atoms with Gasteiger partial charge in [-0.1, -0.05) is 35.9 Å². The van der Waals surface area contributed by atoms with Gasteiger partial charge >= 0.3 is 5.97 Å². The SMILES string of the molecule is O=C(O)c1ccc2nc(CN3CCC(c4cccc5c4OC[C@@H](c4ccc(Cl)cc4)O5)CC3)n(C[C@@H]3CCO3)c2n1. The Hall–Kier alpha value is -3.66. The highest BCUT2D eigenvalue weighted by atomic mass is 35.5. The number of carboxylic acids is 1. The number of hydrogen-bond donors (Lipinski definition) is 1. The van der Waals surface area contributed by atoms with Crippen LogP contribution in [0.15, 0.2) is 54.6 Å². The Morgan fingerprint density at radius 1 is 1.02 bits per heavy atom. The molecule has 3 aliphatic heterocycles. The van der Waals surface area contributed by atoms with Crippen LogP contribution < -0.4 is 9.47 Å². The van der Waals surface area contributed by atoms with Crippen LogP contribution in [0, 0.1) is 0 Å². The van der Waals surface area contributed by atoms with Crippen molar-refractivity contribution in [2.24, 2.45) is 0 Å². The maximum Gasteiger partial charge on any atom is 0.354 e. The summed E-state index contributed by atoms with van der Waals surface area (Å²) < 4.78 is 20.4. The van der Waals surface area contributed by atoms with Gasteiger partial charge in [0.1, 0.15) is 17.9 Å². The van der Waals surface area contributed by atoms with Crippen LogP contribution in [-0.4, -0.2) is 62.9 Å². The third kappa shape index (κ3) is 5.25. The predicted octanol–water partition coefficient (Wildman–Crippen LogP) is 5.46. The number of rotatable bonds is 7. The number of aromatic carboxylic acids is 1.